The largest absolute Gasteiger partial charge is 0.573 e. The topological polar surface area (TPSA) is 64.4 Å². The minimum Gasteiger partial charge on any atom is -0.406 e. The van der Waals surface area contributed by atoms with Crippen LogP contribution in [-0.2, 0) is 4.79 Å². The predicted molar refractivity (Wildman–Crippen MR) is 67.1 cm³/mol. The smallest absolute Gasteiger partial charge is 0.406 e. The molecule has 0 bridgehead atoms. The van der Waals surface area contributed by atoms with Crippen molar-refractivity contribution in [3.05, 3.63) is 24.3 Å². The number of carbonyl (C=O) groups is 1. The summed E-state index contributed by atoms with van der Waals surface area (Å²) in [5.74, 6) is -0.624. The molecule has 0 aliphatic heterocycles. The summed E-state index contributed by atoms with van der Waals surface area (Å²) < 4.78 is 40.2. The quantitative estimate of drug-likeness (QED) is 0.895. The van der Waals surface area contributed by atoms with E-state index in [0.29, 0.717) is 12.8 Å². The van der Waals surface area contributed by atoms with Gasteiger partial charge in [-0.1, -0.05) is 12.5 Å². The van der Waals surface area contributed by atoms with E-state index in [1.165, 1.54) is 18.2 Å². The van der Waals surface area contributed by atoms with Crippen molar-refractivity contribution in [2.24, 2.45) is 11.1 Å². The molecule has 20 heavy (non-hydrogen) atoms. The number of alkyl halides is 3. The second-order valence-corrected chi connectivity index (χ2v) is 4.87. The Morgan fingerprint density at radius 1 is 1.40 bits per heavy atom. The SMILES string of the molecule is NCC1(C(=O)Nc2cccc(OC(F)(F)F)c2)CCC1. The summed E-state index contributed by atoms with van der Waals surface area (Å²) >= 11 is 0. The van der Waals surface area contributed by atoms with Gasteiger partial charge in [0.25, 0.3) is 0 Å². The van der Waals surface area contributed by atoms with Crippen molar-refractivity contribution < 1.29 is 22.7 Å². The average molecular weight is 288 g/mol. The van der Waals surface area contributed by atoms with Crippen LogP contribution >= 0.6 is 0 Å². The molecule has 1 saturated carbocycles. The number of rotatable bonds is 4. The van der Waals surface area contributed by atoms with Crippen LogP contribution in [0.5, 0.6) is 5.75 Å². The summed E-state index contributed by atoms with van der Waals surface area (Å²) in [6.07, 6.45) is -2.42. The van der Waals surface area contributed by atoms with Crippen molar-refractivity contribution in [1.82, 2.24) is 0 Å². The maximum absolute atomic E-state index is 12.1. The molecule has 0 atom stereocenters. The Kier molecular flexibility index (Phi) is 3.89. The van der Waals surface area contributed by atoms with E-state index in [0.717, 1.165) is 12.5 Å². The molecule has 0 aromatic heterocycles. The molecule has 2 rings (SSSR count). The van der Waals surface area contributed by atoms with Crippen LogP contribution in [-0.4, -0.2) is 18.8 Å². The van der Waals surface area contributed by atoms with Crippen molar-refractivity contribution in [1.29, 1.82) is 0 Å². The van der Waals surface area contributed by atoms with Gasteiger partial charge in [0, 0.05) is 18.3 Å². The van der Waals surface area contributed by atoms with E-state index in [2.05, 4.69) is 10.1 Å². The molecule has 1 amide bonds. The summed E-state index contributed by atoms with van der Waals surface area (Å²) in [7, 11) is 0. The fourth-order valence-corrected chi connectivity index (χ4v) is 2.16. The zero-order chi connectivity index (χ0) is 14.8. The second-order valence-electron chi connectivity index (χ2n) is 4.87. The molecule has 0 spiro atoms. The van der Waals surface area contributed by atoms with Gasteiger partial charge in [0.05, 0.1) is 5.41 Å². The first-order chi connectivity index (χ1) is 9.35. The molecular weight excluding hydrogens is 273 g/mol. The van der Waals surface area contributed by atoms with Gasteiger partial charge >= 0.3 is 6.36 Å². The first kappa shape index (κ1) is 14.6. The van der Waals surface area contributed by atoms with Crippen molar-refractivity contribution >= 4 is 11.6 Å². The Balaban J connectivity index is 2.06. The van der Waals surface area contributed by atoms with Crippen LogP contribution in [0.1, 0.15) is 19.3 Å². The van der Waals surface area contributed by atoms with Crippen molar-refractivity contribution in [2.75, 3.05) is 11.9 Å². The zero-order valence-electron chi connectivity index (χ0n) is 10.7. The van der Waals surface area contributed by atoms with Crippen molar-refractivity contribution in [2.45, 2.75) is 25.6 Å². The van der Waals surface area contributed by atoms with E-state index in [1.807, 2.05) is 0 Å². The summed E-state index contributed by atoms with van der Waals surface area (Å²) in [4.78, 5) is 12.1. The van der Waals surface area contributed by atoms with Gasteiger partial charge in [0.1, 0.15) is 5.75 Å². The van der Waals surface area contributed by atoms with Gasteiger partial charge in [-0.25, -0.2) is 0 Å². The molecule has 1 fully saturated rings. The van der Waals surface area contributed by atoms with Crippen molar-refractivity contribution in [3.63, 3.8) is 0 Å². The van der Waals surface area contributed by atoms with Gasteiger partial charge in [-0.3, -0.25) is 4.79 Å². The third-order valence-electron chi connectivity index (χ3n) is 3.51. The van der Waals surface area contributed by atoms with Gasteiger partial charge in [-0.15, -0.1) is 13.2 Å². The molecule has 7 heteroatoms. The van der Waals surface area contributed by atoms with Crippen LogP contribution in [0.2, 0.25) is 0 Å². The number of benzene rings is 1. The Labute approximate surface area is 114 Å². The highest BCUT2D eigenvalue weighted by Gasteiger charge is 2.42. The summed E-state index contributed by atoms with van der Waals surface area (Å²) in [5, 5.41) is 2.60. The van der Waals surface area contributed by atoms with Crippen LogP contribution in [0, 0.1) is 5.41 Å². The van der Waals surface area contributed by atoms with E-state index in [4.69, 9.17) is 5.73 Å². The third kappa shape index (κ3) is 3.22. The number of ether oxygens (including phenoxy) is 1. The predicted octanol–water partition coefficient (Wildman–Crippen LogP) is 2.65. The van der Waals surface area contributed by atoms with Crippen molar-refractivity contribution in [3.8, 4) is 5.75 Å². The number of nitrogens with two attached hydrogens (primary N) is 1. The highest BCUT2D eigenvalue weighted by molar-refractivity contribution is 5.96. The van der Waals surface area contributed by atoms with E-state index < -0.39 is 11.8 Å². The standard InChI is InChI=1S/C13H15F3N2O2/c14-13(15,16)20-10-4-1-3-9(7-10)18-11(19)12(8-17)5-2-6-12/h1,3-4,7H,2,5-6,8,17H2,(H,18,19). The number of carbonyl (C=O) groups excluding carboxylic acids is 1. The lowest BCUT2D eigenvalue weighted by molar-refractivity contribution is -0.274. The fraction of sp³-hybridized carbons (Fsp3) is 0.462. The molecule has 4 nitrogen and oxygen atoms in total. The van der Waals surface area contributed by atoms with E-state index in [-0.39, 0.29) is 23.9 Å². The van der Waals surface area contributed by atoms with Gasteiger partial charge in [0.15, 0.2) is 0 Å². The molecule has 1 aliphatic rings. The summed E-state index contributed by atoms with van der Waals surface area (Å²) in [6, 6.07) is 5.19. The Morgan fingerprint density at radius 3 is 2.60 bits per heavy atom. The molecule has 1 aromatic carbocycles. The van der Waals surface area contributed by atoms with Crippen LogP contribution < -0.4 is 15.8 Å². The Bertz CT molecular complexity index is 493. The summed E-state index contributed by atoms with van der Waals surface area (Å²) in [5.41, 5.74) is 5.28. The molecule has 0 radical (unpaired) electrons. The monoisotopic (exact) mass is 288 g/mol. The number of halogens is 3. The molecule has 3 N–H and O–H groups in total. The molecule has 0 saturated heterocycles. The van der Waals surface area contributed by atoms with E-state index in [9.17, 15) is 18.0 Å². The van der Waals surface area contributed by atoms with E-state index in [1.54, 1.807) is 0 Å². The van der Waals surface area contributed by atoms with Gasteiger partial charge in [-0.2, -0.15) is 0 Å². The first-order valence-electron chi connectivity index (χ1n) is 6.22. The lowest BCUT2D eigenvalue weighted by Gasteiger charge is -2.39. The summed E-state index contributed by atoms with van der Waals surface area (Å²) in [6.45, 7) is 0.234. The maximum atomic E-state index is 12.1. The minimum atomic E-state index is -4.75. The Hall–Kier alpha value is -1.76. The molecule has 1 aliphatic carbocycles. The number of nitrogens with one attached hydrogen (secondary N) is 1. The maximum Gasteiger partial charge on any atom is 0.573 e. The highest BCUT2D eigenvalue weighted by atomic mass is 19.4. The lowest BCUT2D eigenvalue weighted by atomic mass is 9.68. The van der Waals surface area contributed by atoms with Gasteiger partial charge in [0.2, 0.25) is 5.91 Å². The Morgan fingerprint density at radius 2 is 2.10 bits per heavy atom. The first-order valence-corrected chi connectivity index (χ1v) is 6.22. The minimum absolute atomic E-state index is 0.234. The van der Waals surface area contributed by atoms with E-state index >= 15 is 0 Å². The van der Waals surface area contributed by atoms with Crippen LogP contribution in [0.15, 0.2) is 24.3 Å². The molecule has 0 heterocycles. The number of hydrogen-bond donors (Lipinski definition) is 2. The van der Waals surface area contributed by atoms with Crippen LogP contribution in [0.3, 0.4) is 0 Å². The third-order valence-corrected chi connectivity index (χ3v) is 3.51. The molecular formula is C13H15F3N2O2. The normalized spacial score (nSPS) is 17.2. The second kappa shape index (κ2) is 5.32. The highest BCUT2D eigenvalue weighted by Crippen LogP contribution is 2.41. The average Bonchev–Trinajstić information content (AvgIpc) is 2.26. The number of amides is 1. The fourth-order valence-electron chi connectivity index (χ4n) is 2.16. The number of hydrogen-bond acceptors (Lipinski definition) is 3. The van der Waals surface area contributed by atoms with Gasteiger partial charge < -0.3 is 15.8 Å². The molecule has 110 valence electrons. The van der Waals surface area contributed by atoms with Gasteiger partial charge in [-0.05, 0) is 25.0 Å². The number of anilines is 1. The molecule has 1 aromatic rings. The van der Waals surface area contributed by atoms with Crippen LogP contribution in [0.25, 0.3) is 0 Å². The molecule has 0 unspecified atom stereocenters. The lowest BCUT2D eigenvalue weighted by Crippen LogP contribution is -2.47. The zero-order valence-corrected chi connectivity index (χ0v) is 10.7. The van der Waals surface area contributed by atoms with Crippen LogP contribution in [0.4, 0.5) is 18.9 Å².